The van der Waals surface area contributed by atoms with Crippen LogP contribution in [0.1, 0.15) is 5.56 Å². The second kappa shape index (κ2) is 6.62. The van der Waals surface area contributed by atoms with Crippen LogP contribution < -0.4 is 0 Å². The summed E-state index contributed by atoms with van der Waals surface area (Å²) in [7, 11) is 0. The van der Waals surface area contributed by atoms with Crippen molar-refractivity contribution in [2.24, 2.45) is 0 Å². The first-order valence-corrected chi connectivity index (χ1v) is 9.31. The molecule has 6 heteroatoms. The number of aromatic nitrogens is 5. The van der Waals surface area contributed by atoms with E-state index in [0.29, 0.717) is 16.6 Å². The number of hydrogen-bond donors (Lipinski definition) is 0. The van der Waals surface area contributed by atoms with Crippen LogP contribution in [-0.4, -0.2) is 24.4 Å². The van der Waals surface area contributed by atoms with E-state index in [4.69, 9.17) is 16.7 Å². The molecule has 0 amide bonds. The fourth-order valence-electron chi connectivity index (χ4n) is 3.22. The van der Waals surface area contributed by atoms with E-state index in [1.807, 2.05) is 71.3 Å². The second-order valence-corrected chi connectivity index (χ2v) is 7.04. The second-order valence-electron chi connectivity index (χ2n) is 6.60. The van der Waals surface area contributed by atoms with E-state index in [-0.39, 0.29) is 0 Å². The first-order chi connectivity index (χ1) is 13.7. The van der Waals surface area contributed by atoms with Crippen molar-refractivity contribution in [3.8, 4) is 28.5 Å². The van der Waals surface area contributed by atoms with Gasteiger partial charge in [-0.2, -0.15) is 4.52 Å². The predicted octanol–water partition coefficient (Wildman–Crippen LogP) is 5.21. The quantitative estimate of drug-likeness (QED) is 0.428. The van der Waals surface area contributed by atoms with Crippen LogP contribution in [-0.2, 0) is 0 Å². The van der Waals surface area contributed by atoms with Gasteiger partial charge >= 0.3 is 0 Å². The maximum atomic E-state index is 6.08. The van der Waals surface area contributed by atoms with Crippen LogP contribution in [0.3, 0.4) is 0 Å². The van der Waals surface area contributed by atoms with Gasteiger partial charge in [0.2, 0.25) is 0 Å². The Morgan fingerprint density at radius 2 is 1.36 bits per heavy atom. The van der Waals surface area contributed by atoms with E-state index in [1.54, 1.807) is 4.52 Å². The highest BCUT2D eigenvalue weighted by atomic mass is 35.5. The monoisotopic (exact) mass is 385 g/mol. The topological polar surface area (TPSA) is 48.0 Å². The van der Waals surface area contributed by atoms with Gasteiger partial charge in [0.15, 0.2) is 11.6 Å². The van der Waals surface area contributed by atoms with Gasteiger partial charge in [-0.15, -0.1) is 15.3 Å². The molecule has 5 aromatic rings. The zero-order valence-corrected chi connectivity index (χ0v) is 15.9. The number of rotatable bonds is 3. The lowest BCUT2D eigenvalue weighted by atomic mass is 10.1. The summed E-state index contributed by atoms with van der Waals surface area (Å²) in [5.41, 5.74) is 4.09. The zero-order valence-electron chi connectivity index (χ0n) is 15.1. The summed E-state index contributed by atoms with van der Waals surface area (Å²) in [6.45, 7) is 2.06. The Hall–Kier alpha value is -3.44. The molecule has 2 heterocycles. The summed E-state index contributed by atoms with van der Waals surface area (Å²) in [6, 6.07) is 25.9. The summed E-state index contributed by atoms with van der Waals surface area (Å²) in [5.74, 6) is 2.15. The largest absolute Gasteiger partial charge is 0.259 e. The van der Waals surface area contributed by atoms with E-state index in [0.717, 1.165) is 22.6 Å². The molecule has 2 aromatic heterocycles. The summed E-state index contributed by atoms with van der Waals surface area (Å²) < 4.78 is 3.80. The number of fused-ring (bicyclic) bond motifs is 1. The molecule has 0 spiro atoms. The molecule has 5 nitrogen and oxygen atoms in total. The molecule has 136 valence electrons. The predicted molar refractivity (Wildman–Crippen MR) is 111 cm³/mol. The molecule has 0 N–H and O–H groups in total. The van der Waals surface area contributed by atoms with Gasteiger partial charge in [-0.1, -0.05) is 59.6 Å². The van der Waals surface area contributed by atoms with Crippen molar-refractivity contribution in [2.75, 3.05) is 0 Å². The van der Waals surface area contributed by atoms with E-state index < -0.39 is 0 Å². The average Bonchev–Trinajstić information content (AvgIpc) is 3.29. The molecular weight excluding hydrogens is 370 g/mol. The number of aryl methyl sites for hydroxylation is 1. The summed E-state index contributed by atoms with van der Waals surface area (Å²) >= 11 is 6.08. The van der Waals surface area contributed by atoms with Crippen LogP contribution in [0.15, 0.2) is 78.9 Å². The van der Waals surface area contributed by atoms with E-state index in [1.165, 1.54) is 5.56 Å². The number of nitrogens with zero attached hydrogens (tertiary/aromatic N) is 5. The molecule has 0 atom stereocenters. The van der Waals surface area contributed by atoms with Crippen molar-refractivity contribution in [1.82, 2.24) is 24.4 Å². The van der Waals surface area contributed by atoms with Gasteiger partial charge in [0.1, 0.15) is 0 Å². The zero-order chi connectivity index (χ0) is 19.1. The van der Waals surface area contributed by atoms with E-state index in [9.17, 15) is 0 Å². The van der Waals surface area contributed by atoms with Gasteiger partial charge in [0, 0.05) is 16.1 Å². The molecule has 0 fully saturated rings. The Kier molecular flexibility index (Phi) is 3.95. The van der Waals surface area contributed by atoms with Crippen molar-refractivity contribution < 1.29 is 0 Å². The van der Waals surface area contributed by atoms with Crippen molar-refractivity contribution in [1.29, 1.82) is 0 Å². The molecule has 3 aromatic carbocycles. The van der Waals surface area contributed by atoms with E-state index >= 15 is 0 Å². The molecule has 0 radical (unpaired) electrons. The van der Waals surface area contributed by atoms with E-state index in [2.05, 4.69) is 29.3 Å². The SMILES string of the molecule is Cc1ccc(-c2nnc3n(-c4ccccc4)c(-c4ccc(Cl)cc4)nn23)cc1. The Morgan fingerprint density at radius 3 is 2.07 bits per heavy atom. The van der Waals surface area contributed by atoms with Crippen molar-refractivity contribution >= 4 is 17.4 Å². The van der Waals surface area contributed by atoms with Crippen LogP contribution in [0.2, 0.25) is 5.02 Å². The van der Waals surface area contributed by atoms with Gasteiger partial charge in [-0.25, -0.2) is 0 Å². The Labute approximate surface area is 166 Å². The number of hydrogen-bond acceptors (Lipinski definition) is 3. The van der Waals surface area contributed by atoms with Crippen molar-refractivity contribution in [2.45, 2.75) is 6.92 Å². The molecule has 5 rings (SSSR count). The highest BCUT2D eigenvalue weighted by Gasteiger charge is 2.20. The first kappa shape index (κ1) is 16.7. The molecule has 0 aliphatic rings. The highest BCUT2D eigenvalue weighted by molar-refractivity contribution is 6.30. The third-order valence-corrected chi connectivity index (χ3v) is 4.91. The maximum absolute atomic E-state index is 6.08. The Morgan fingerprint density at radius 1 is 0.714 bits per heavy atom. The third kappa shape index (κ3) is 2.77. The lowest BCUT2D eigenvalue weighted by Crippen LogP contribution is -1.98. The molecule has 0 bridgehead atoms. The molecule has 0 unspecified atom stereocenters. The summed E-state index contributed by atoms with van der Waals surface area (Å²) in [6.07, 6.45) is 0. The van der Waals surface area contributed by atoms with Crippen molar-refractivity contribution in [3.63, 3.8) is 0 Å². The van der Waals surface area contributed by atoms with Crippen LogP contribution >= 0.6 is 11.6 Å². The van der Waals surface area contributed by atoms with Gasteiger partial charge in [-0.05, 0) is 43.3 Å². The molecular formula is C22H16ClN5. The van der Waals surface area contributed by atoms with Gasteiger partial charge in [0.25, 0.3) is 5.78 Å². The fraction of sp³-hybridized carbons (Fsp3) is 0.0455. The van der Waals surface area contributed by atoms with Crippen LogP contribution in [0.5, 0.6) is 0 Å². The molecule has 0 aliphatic heterocycles. The smallest absolute Gasteiger partial charge is 0.259 e. The molecule has 0 aliphatic carbocycles. The highest BCUT2D eigenvalue weighted by Crippen LogP contribution is 2.28. The van der Waals surface area contributed by atoms with Crippen LogP contribution in [0.25, 0.3) is 34.2 Å². The normalized spacial score (nSPS) is 11.2. The van der Waals surface area contributed by atoms with Crippen molar-refractivity contribution in [3.05, 3.63) is 89.4 Å². The number of para-hydroxylation sites is 1. The van der Waals surface area contributed by atoms with Gasteiger partial charge < -0.3 is 0 Å². The fourth-order valence-corrected chi connectivity index (χ4v) is 3.35. The first-order valence-electron chi connectivity index (χ1n) is 8.93. The van der Waals surface area contributed by atoms with Gasteiger partial charge in [0.05, 0.1) is 5.69 Å². The molecule has 0 saturated heterocycles. The Balaban J connectivity index is 1.78. The van der Waals surface area contributed by atoms with Gasteiger partial charge in [-0.3, -0.25) is 4.57 Å². The number of benzene rings is 3. The van der Waals surface area contributed by atoms with Crippen LogP contribution in [0, 0.1) is 6.92 Å². The summed E-state index contributed by atoms with van der Waals surface area (Å²) in [4.78, 5) is 0. The number of halogens is 1. The average molecular weight is 386 g/mol. The molecule has 0 saturated carbocycles. The minimum Gasteiger partial charge on any atom is -0.259 e. The molecule has 28 heavy (non-hydrogen) atoms. The Bertz CT molecular complexity index is 1250. The van der Waals surface area contributed by atoms with Crippen LogP contribution in [0.4, 0.5) is 0 Å². The summed E-state index contributed by atoms with van der Waals surface area (Å²) in [5, 5.41) is 14.4. The lowest BCUT2D eigenvalue weighted by molar-refractivity contribution is 0.965. The minimum atomic E-state index is 0.659. The standard InChI is InChI=1S/C22H16ClN5/c1-15-7-9-16(10-8-15)20-24-25-22-27(19-5-3-2-4-6-19)21(26-28(20)22)17-11-13-18(23)14-12-17/h2-14H,1H3. The minimum absolute atomic E-state index is 0.659. The lowest BCUT2D eigenvalue weighted by Gasteiger charge is -2.06. The third-order valence-electron chi connectivity index (χ3n) is 4.66. The maximum Gasteiger partial charge on any atom is 0.259 e.